The molecule has 1 N–H and O–H groups in total. The van der Waals surface area contributed by atoms with Crippen molar-refractivity contribution in [3.05, 3.63) is 71.8 Å². The molecule has 0 saturated carbocycles. The lowest BCUT2D eigenvalue weighted by Gasteiger charge is -2.16. The van der Waals surface area contributed by atoms with Crippen LogP contribution < -0.4 is 0 Å². The second-order valence-corrected chi connectivity index (χ2v) is 8.68. The van der Waals surface area contributed by atoms with Crippen LogP contribution in [0.15, 0.2) is 60.6 Å². The Labute approximate surface area is 167 Å². The van der Waals surface area contributed by atoms with Gasteiger partial charge in [0.25, 0.3) is 0 Å². The first-order chi connectivity index (χ1) is 13.1. The summed E-state index contributed by atoms with van der Waals surface area (Å²) in [6.45, 7) is 0. The van der Waals surface area contributed by atoms with Crippen molar-refractivity contribution >= 4 is 29.5 Å². The summed E-state index contributed by atoms with van der Waals surface area (Å²) in [5.74, 6) is 2.29. The number of carboxylic acid groups (broad SMARTS) is 1. The zero-order chi connectivity index (χ0) is 19.3. The number of thioether (sulfide) groups is 2. The highest BCUT2D eigenvalue weighted by atomic mass is 32.2. The summed E-state index contributed by atoms with van der Waals surface area (Å²) in [5.41, 5.74) is 2.44. The van der Waals surface area contributed by atoms with Crippen molar-refractivity contribution in [1.29, 1.82) is 0 Å². The summed E-state index contributed by atoms with van der Waals surface area (Å²) in [6.07, 6.45) is 4.13. The summed E-state index contributed by atoms with van der Waals surface area (Å²) >= 11 is 3.87. The monoisotopic (exact) mass is 389 g/mol. The van der Waals surface area contributed by atoms with Crippen molar-refractivity contribution in [2.75, 3.05) is 5.75 Å². The van der Waals surface area contributed by atoms with Crippen LogP contribution >= 0.6 is 23.5 Å². The van der Waals surface area contributed by atoms with Crippen molar-refractivity contribution in [3.8, 4) is 0 Å². The van der Waals surface area contributed by atoms with Crippen LogP contribution in [0.2, 0.25) is 0 Å². The van der Waals surface area contributed by atoms with Gasteiger partial charge in [-0.3, -0.25) is 4.79 Å². The fourth-order valence-corrected chi connectivity index (χ4v) is 5.05. The minimum atomic E-state index is -0.708. The van der Waals surface area contributed by atoms with Gasteiger partial charge in [-0.1, -0.05) is 67.1 Å². The van der Waals surface area contributed by atoms with E-state index in [1.54, 1.807) is 0 Å². The van der Waals surface area contributed by atoms with Gasteiger partial charge in [-0.05, 0) is 36.1 Å². The van der Waals surface area contributed by atoms with E-state index in [1.807, 2.05) is 53.9 Å². The van der Waals surface area contributed by atoms with Gasteiger partial charge in [0, 0.05) is 23.2 Å². The highest BCUT2D eigenvalue weighted by molar-refractivity contribution is 7.99. The standard InChI is InChI=1S/C22H28O2S2/c23-22(24)14-8-7-13-21(26-18-20-11-5-2-6-12-20)15-16-25-17-19-9-3-1-4-10-19/h1-6,9-12,21H,7-8,13-18H2,(H,23,24)/i11D. The molecule has 140 valence electrons. The van der Waals surface area contributed by atoms with Crippen molar-refractivity contribution < 1.29 is 11.3 Å². The lowest BCUT2D eigenvalue weighted by molar-refractivity contribution is -0.137. The van der Waals surface area contributed by atoms with E-state index in [2.05, 4.69) is 24.3 Å². The van der Waals surface area contributed by atoms with Crippen LogP contribution in [-0.2, 0) is 16.3 Å². The maximum Gasteiger partial charge on any atom is 0.303 e. The molecule has 26 heavy (non-hydrogen) atoms. The SMILES string of the molecule is [2H]c1ccccc1CSC(CCCCC(=O)O)CCSCc1ccccc1. The second-order valence-electron chi connectivity index (χ2n) is 6.29. The Hall–Kier alpha value is -1.39. The van der Waals surface area contributed by atoms with E-state index < -0.39 is 5.97 Å². The third-order valence-corrected chi connectivity index (χ3v) is 6.59. The number of aliphatic carboxylic acids is 1. The van der Waals surface area contributed by atoms with Gasteiger partial charge in [0.2, 0.25) is 0 Å². The quantitative estimate of drug-likeness (QED) is 0.410. The number of benzene rings is 2. The van der Waals surface area contributed by atoms with Crippen molar-refractivity contribution in [3.63, 3.8) is 0 Å². The van der Waals surface area contributed by atoms with E-state index in [0.29, 0.717) is 11.3 Å². The third kappa shape index (κ3) is 9.35. The van der Waals surface area contributed by atoms with E-state index in [9.17, 15) is 4.79 Å². The molecule has 1 unspecified atom stereocenters. The topological polar surface area (TPSA) is 37.3 Å². The molecule has 2 rings (SSSR count). The van der Waals surface area contributed by atoms with Crippen LogP contribution in [0.3, 0.4) is 0 Å². The lowest BCUT2D eigenvalue weighted by Crippen LogP contribution is -2.06. The zero-order valence-electron chi connectivity index (χ0n) is 16.1. The molecule has 0 aliphatic carbocycles. The maximum atomic E-state index is 10.7. The largest absolute Gasteiger partial charge is 0.481 e. The summed E-state index contributed by atoms with van der Waals surface area (Å²) in [6, 6.07) is 18.9. The second kappa shape index (κ2) is 12.9. The summed E-state index contributed by atoms with van der Waals surface area (Å²) in [4.78, 5) is 10.7. The summed E-state index contributed by atoms with van der Waals surface area (Å²) in [7, 11) is 0. The van der Waals surface area contributed by atoms with Gasteiger partial charge in [0.05, 0.1) is 1.37 Å². The highest BCUT2D eigenvalue weighted by Crippen LogP contribution is 2.27. The molecule has 1 atom stereocenters. The minimum absolute atomic E-state index is 0.260. The molecule has 0 aliphatic heterocycles. The van der Waals surface area contributed by atoms with E-state index >= 15 is 0 Å². The molecular formula is C22H28O2S2. The predicted molar refractivity (Wildman–Crippen MR) is 115 cm³/mol. The van der Waals surface area contributed by atoms with E-state index in [0.717, 1.165) is 48.5 Å². The fourth-order valence-electron chi connectivity index (χ4n) is 2.67. The lowest BCUT2D eigenvalue weighted by atomic mass is 10.1. The van der Waals surface area contributed by atoms with E-state index in [1.165, 1.54) is 5.56 Å². The smallest absolute Gasteiger partial charge is 0.303 e. The molecule has 0 saturated heterocycles. The molecule has 0 spiro atoms. The van der Waals surface area contributed by atoms with Crippen LogP contribution in [0, 0.1) is 0 Å². The number of hydrogen-bond acceptors (Lipinski definition) is 3. The van der Waals surface area contributed by atoms with Gasteiger partial charge >= 0.3 is 5.97 Å². The number of unbranched alkanes of at least 4 members (excludes halogenated alkanes) is 1. The number of carboxylic acids is 1. The van der Waals surface area contributed by atoms with Crippen LogP contribution in [0.4, 0.5) is 0 Å². The van der Waals surface area contributed by atoms with Gasteiger partial charge in [0.1, 0.15) is 0 Å². The van der Waals surface area contributed by atoms with Gasteiger partial charge < -0.3 is 5.11 Å². The molecular weight excluding hydrogens is 360 g/mol. The molecule has 2 aromatic carbocycles. The molecule has 0 bridgehead atoms. The Kier molecular flexibility index (Phi) is 9.60. The molecule has 0 aromatic heterocycles. The molecule has 0 radical (unpaired) electrons. The van der Waals surface area contributed by atoms with Crippen LogP contribution in [0.1, 0.15) is 44.6 Å². The fraction of sp³-hybridized carbons (Fsp3) is 0.409. The Morgan fingerprint density at radius 1 is 0.962 bits per heavy atom. The van der Waals surface area contributed by atoms with E-state index in [4.69, 9.17) is 6.48 Å². The Morgan fingerprint density at radius 2 is 1.69 bits per heavy atom. The van der Waals surface area contributed by atoms with Gasteiger partial charge in [-0.15, -0.1) is 0 Å². The average Bonchev–Trinajstić information content (AvgIpc) is 2.67. The average molecular weight is 390 g/mol. The van der Waals surface area contributed by atoms with Crippen molar-refractivity contribution in [1.82, 2.24) is 0 Å². The van der Waals surface area contributed by atoms with E-state index in [-0.39, 0.29) is 6.42 Å². The van der Waals surface area contributed by atoms with Gasteiger partial charge in [0.15, 0.2) is 0 Å². The van der Waals surface area contributed by atoms with Crippen molar-refractivity contribution in [2.24, 2.45) is 0 Å². The minimum Gasteiger partial charge on any atom is -0.481 e. The normalized spacial score (nSPS) is 12.5. The number of rotatable bonds is 13. The Balaban J connectivity index is 1.77. The maximum absolute atomic E-state index is 10.7. The molecule has 0 fully saturated rings. The molecule has 0 amide bonds. The summed E-state index contributed by atoms with van der Waals surface area (Å²) < 4.78 is 8.01. The molecule has 0 heterocycles. The van der Waals surface area contributed by atoms with Gasteiger partial charge in [-0.2, -0.15) is 23.5 Å². The first-order valence-corrected chi connectivity index (χ1v) is 11.3. The highest BCUT2D eigenvalue weighted by Gasteiger charge is 2.10. The molecule has 2 aromatic rings. The first-order valence-electron chi connectivity index (χ1n) is 9.64. The number of carbonyl (C=O) groups is 1. The third-order valence-electron chi connectivity index (χ3n) is 4.11. The predicted octanol–water partition coefficient (Wildman–Crippen LogP) is 6.26. The van der Waals surface area contributed by atoms with Crippen LogP contribution in [-0.4, -0.2) is 22.1 Å². The zero-order valence-corrected chi connectivity index (χ0v) is 16.7. The summed E-state index contributed by atoms with van der Waals surface area (Å²) in [5, 5.41) is 9.33. The molecule has 0 aliphatic rings. The Morgan fingerprint density at radius 3 is 2.42 bits per heavy atom. The first kappa shape index (κ1) is 19.4. The number of hydrogen-bond donors (Lipinski definition) is 1. The van der Waals surface area contributed by atoms with Crippen LogP contribution in [0.25, 0.3) is 0 Å². The van der Waals surface area contributed by atoms with Crippen molar-refractivity contribution in [2.45, 2.75) is 48.9 Å². The molecule has 4 heteroatoms. The molecule has 2 nitrogen and oxygen atoms in total. The van der Waals surface area contributed by atoms with Gasteiger partial charge in [-0.25, -0.2) is 0 Å². The Bertz CT molecular complexity index is 679. The van der Waals surface area contributed by atoms with Crippen LogP contribution in [0.5, 0.6) is 0 Å².